The van der Waals surface area contributed by atoms with E-state index < -0.39 is 29.6 Å². The van der Waals surface area contributed by atoms with Crippen LogP contribution in [0.25, 0.3) is 0 Å². The Labute approximate surface area is 140 Å². The van der Waals surface area contributed by atoms with Crippen molar-refractivity contribution in [1.82, 2.24) is 19.3 Å². The molecular weight excluding hydrogens is 341 g/mol. The van der Waals surface area contributed by atoms with Gasteiger partial charge in [0.1, 0.15) is 17.6 Å². The normalized spacial score (nSPS) is 17.2. The summed E-state index contributed by atoms with van der Waals surface area (Å²) in [5.74, 6) is -0.109. The number of carbonyl (C=O) groups excluding carboxylic acids is 1. The van der Waals surface area contributed by atoms with Gasteiger partial charge in [0.05, 0.1) is 13.7 Å². The van der Waals surface area contributed by atoms with Gasteiger partial charge in [-0.3, -0.25) is 9.55 Å². The first kappa shape index (κ1) is 17.2. The Kier molecular flexibility index (Phi) is 4.36. The number of hydrogen-bond donors (Lipinski definition) is 0. The van der Waals surface area contributed by atoms with Gasteiger partial charge >= 0.3 is 17.8 Å². The Bertz CT molecular complexity index is 856. The minimum atomic E-state index is -4.57. The number of esters is 1. The van der Waals surface area contributed by atoms with Crippen molar-refractivity contribution in [3.8, 4) is 0 Å². The van der Waals surface area contributed by atoms with Crippen LogP contribution in [0.5, 0.6) is 0 Å². The van der Waals surface area contributed by atoms with Crippen LogP contribution in [-0.2, 0) is 28.7 Å². The standard InChI is InChI=1S/C15H15F3N4O3/c1-25-13(23)10-3-2-4-12-20-21(14(24)22(10)12)8-9-5-6-19-11(7-9)15(16,17)18/h5-7,10H,2-4,8H2,1H3. The van der Waals surface area contributed by atoms with E-state index in [9.17, 15) is 22.8 Å². The number of nitrogens with zero attached hydrogens (tertiary/aromatic N) is 4. The Morgan fingerprint density at radius 1 is 1.44 bits per heavy atom. The van der Waals surface area contributed by atoms with Crippen LogP contribution in [-0.4, -0.2) is 32.4 Å². The van der Waals surface area contributed by atoms with Crippen molar-refractivity contribution < 1.29 is 22.7 Å². The topological polar surface area (TPSA) is 79.0 Å². The fourth-order valence-electron chi connectivity index (χ4n) is 2.89. The Hall–Kier alpha value is -2.65. The number of methoxy groups -OCH3 is 1. The van der Waals surface area contributed by atoms with E-state index in [-0.39, 0.29) is 12.1 Å². The summed E-state index contributed by atoms with van der Waals surface area (Å²) in [7, 11) is 1.24. The minimum absolute atomic E-state index is 0.141. The number of aryl methyl sites for hydroxylation is 1. The molecule has 0 radical (unpaired) electrons. The molecule has 25 heavy (non-hydrogen) atoms. The molecular formula is C15H15F3N4O3. The number of alkyl halides is 3. The van der Waals surface area contributed by atoms with Gasteiger partial charge in [-0.05, 0) is 30.5 Å². The summed E-state index contributed by atoms with van der Waals surface area (Å²) in [4.78, 5) is 27.7. The molecule has 134 valence electrons. The minimum Gasteiger partial charge on any atom is -0.467 e. The SMILES string of the molecule is COC(=O)C1CCCc2nn(Cc3ccnc(C(F)(F)F)c3)c(=O)n21. The number of fused-ring (bicyclic) bond motifs is 1. The zero-order chi connectivity index (χ0) is 18.2. The molecule has 0 saturated carbocycles. The smallest absolute Gasteiger partial charge is 0.433 e. The summed E-state index contributed by atoms with van der Waals surface area (Å²) >= 11 is 0. The highest BCUT2D eigenvalue weighted by Gasteiger charge is 2.33. The summed E-state index contributed by atoms with van der Waals surface area (Å²) < 4.78 is 45.3. The van der Waals surface area contributed by atoms with Gasteiger partial charge in [-0.2, -0.15) is 18.3 Å². The average molecular weight is 356 g/mol. The third kappa shape index (κ3) is 3.28. The second-order valence-corrected chi connectivity index (χ2v) is 5.70. The first-order chi connectivity index (χ1) is 11.8. The molecule has 0 fully saturated rings. The van der Waals surface area contributed by atoms with Crippen molar-refractivity contribution in [2.45, 2.75) is 38.0 Å². The van der Waals surface area contributed by atoms with Crippen LogP contribution in [0.15, 0.2) is 23.1 Å². The van der Waals surface area contributed by atoms with Crippen LogP contribution >= 0.6 is 0 Å². The van der Waals surface area contributed by atoms with Crippen LogP contribution in [0.1, 0.15) is 36.0 Å². The molecule has 3 heterocycles. The maximum Gasteiger partial charge on any atom is 0.433 e. The summed E-state index contributed by atoms with van der Waals surface area (Å²) in [6.45, 7) is -0.141. The molecule has 1 unspecified atom stereocenters. The third-order valence-corrected chi connectivity index (χ3v) is 4.05. The molecule has 1 atom stereocenters. The molecule has 7 nitrogen and oxygen atoms in total. The number of carbonyl (C=O) groups is 1. The summed E-state index contributed by atoms with van der Waals surface area (Å²) in [5, 5.41) is 4.16. The van der Waals surface area contributed by atoms with E-state index in [1.807, 2.05) is 0 Å². The molecule has 0 aliphatic carbocycles. The second-order valence-electron chi connectivity index (χ2n) is 5.70. The first-order valence-corrected chi connectivity index (χ1v) is 7.59. The lowest BCUT2D eigenvalue weighted by Gasteiger charge is -2.20. The van der Waals surface area contributed by atoms with Crippen LogP contribution in [0, 0.1) is 0 Å². The molecule has 10 heteroatoms. The van der Waals surface area contributed by atoms with Crippen LogP contribution in [0.3, 0.4) is 0 Å². The van der Waals surface area contributed by atoms with Crippen LogP contribution < -0.4 is 5.69 Å². The maximum atomic E-state index is 12.7. The lowest BCUT2D eigenvalue weighted by molar-refractivity contribution is -0.145. The van der Waals surface area contributed by atoms with E-state index >= 15 is 0 Å². The maximum absolute atomic E-state index is 12.7. The van der Waals surface area contributed by atoms with Gasteiger partial charge in [-0.15, -0.1) is 0 Å². The van der Waals surface area contributed by atoms with Gasteiger partial charge < -0.3 is 4.74 Å². The van der Waals surface area contributed by atoms with Crippen molar-refractivity contribution in [2.75, 3.05) is 7.11 Å². The lowest BCUT2D eigenvalue weighted by Crippen LogP contribution is -2.35. The summed E-state index contributed by atoms with van der Waals surface area (Å²) in [6.07, 6.45) is -1.89. The molecule has 1 aliphatic heterocycles. The van der Waals surface area contributed by atoms with E-state index in [0.717, 1.165) is 16.9 Å². The van der Waals surface area contributed by atoms with Crippen molar-refractivity contribution >= 4 is 5.97 Å². The average Bonchev–Trinajstić information content (AvgIpc) is 2.90. The molecule has 1 aliphatic rings. The van der Waals surface area contributed by atoms with Crippen molar-refractivity contribution in [3.05, 3.63) is 45.9 Å². The zero-order valence-electron chi connectivity index (χ0n) is 13.3. The van der Waals surface area contributed by atoms with Crippen molar-refractivity contribution in [1.29, 1.82) is 0 Å². The first-order valence-electron chi connectivity index (χ1n) is 7.59. The van der Waals surface area contributed by atoms with E-state index in [1.165, 1.54) is 17.7 Å². The van der Waals surface area contributed by atoms with Gasteiger partial charge in [0.15, 0.2) is 0 Å². The Morgan fingerprint density at radius 2 is 2.20 bits per heavy atom. The van der Waals surface area contributed by atoms with Gasteiger partial charge in [0.2, 0.25) is 0 Å². The van der Waals surface area contributed by atoms with Gasteiger partial charge in [0.25, 0.3) is 0 Å². The van der Waals surface area contributed by atoms with E-state index in [4.69, 9.17) is 4.74 Å². The lowest BCUT2D eigenvalue weighted by atomic mass is 10.1. The monoisotopic (exact) mass is 356 g/mol. The zero-order valence-corrected chi connectivity index (χ0v) is 13.3. The fraction of sp³-hybridized carbons (Fsp3) is 0.467. The highest BCUT2D eigenvalue weighted by molar-refractivity contribution is 5.74. The Balaban J connectivity index is 1.94. The molecule has 2 aromatic rings. The Morgan fingerprint density at radius 3 is 2.88 bits per heavy atom. The van der Waals surface area contributed by atoms with E-state index in [1.54, 1.807) is 0 Å². The number of ether oxygens (including phenoxy) is 1. The number of rotatable bonds is 3. The van der Waals surface area contributed by atoms with Crippen molar-refractivity contribution in [3.63, 3.8) is 0 Å². The molecule has 0 N–H and O–H groups in total. The third-order valence-electron chi connectivity index (χ3n) is 4.05. The quantitative estimate of drug-likeness (QED) is 0.780. The van der Waals surface area contributed by atoms with Crippen molar-refractivity contribution in [2.24, 2.45) is 0 Å². The predicted octanol–water partition coefficient (Wildman–Crippen LogP) is 1.56. The molecule has 0 spiro atoms. The fourth-order valence-corrected chi connectivity index (χ4v) is 2.89. The molecule has 2 aromatic heterocycles. The highest BCUT2D eigenvalue weighted by atomic mass is 19.4. The molecule has 0 aromatic carbocycles. The van der Waals surface area contributed by atoms with Gasteiger partial charge in [-0.1, -0.05) is 0 Å². The molecule has 3 rings (SSSR count). The predicted molar refractivity (Wildman–Crippen MR) is 78.8 cm³/mol. The largest absolute Gasteiger partial charge is 0.467 e. The van der Waals surface area contributed by atoms with E-state index in [2.05, 4.69) is 10.1 Å². The van der Waals surface area contributed by atoms with Gasteiger partial charge in [0, 0.05) is 12.6 Å². The second kappa shape index (κ2) is 6.34. The van der Waals surface area contributed by atoms with Gasteiger partial charge in [-0.25, -0.2) is 14.3 Å². The molecule has 0 saturated heterocycles. The highest BCUT2D eigenvalue weighted by Crippen LogP contribution is 2.28. The molecule has 0 amide bonds. The number of halogens is 3. The van der Waals surface area contributed by atoms with Crippen LogP contribution in [0.4, 0.5) is 13.2 Å². The number of aromatic nitrogens is 4. The summed E-state index contributed by atoms with van der Waals surface area (Å²) in [5.41, 5.74) is -1.33. The van der Waals surface area contributed by atoms with Crippen LogP contribution in [0.2, 0.25) is 0 Å². The summed E-state index contributed by atoms with van der Waals surface area (Å²) in [6, 6.07) is 1.51. The van der Waals surface area contributed by atoms with E-state index in [0.29, 0.717) is 25.1 Å². The number of pyridine rings is 1. The molecule has 0 bridgehead atoms. The number of hydrogen-bond acceptors (Lipinski definition) is 5.